The summed E-state index contributed by atoms with van der Waals surface area (Å²) in [6.07, 6.45) is 4.64. The largest absolute Gasteiger partial charge is 0.356 e. The molecule has 0 fully saturated rings. The van der Waals surface area contributed by atoms with Gasteiger partial charge in [-0.3, -0.25) is 14.2 Å². The van der Waals surface area contributed by atoms with Crippen LogP contribution in [0.15, 0.2) is 0 Å². The SMILES string of the molecule is Cc1nc(N2CCc3c(c(C)nn3CCCCCNC(=O)CCN(C)C)C2)c2c(n1)c(C)nn2C. The highest BCUT2D eigenvalue weighted by atomic mass is 16.1. The lowest BCUT2D eigenvalue weighted by Gasteiger charge is -2.29. The number of carbonyl (C=O) groups is 1. The lowest BCUT2D eigenvalue weighted by Crippen LogP contribution is -2.32. The average Bonchev–Trinajstić information content (AvgIpc) is 3.28. The number of aromatic nitrogens is 6. The first-order valence-corrected chi connectivity index (χ1v) is 12.6. The molecule has 4 rings (SSSR count). The van der Waals surface area contributed by atoms with Crippen molar-refractivity contribution >= 4 is 22.8 Å². The summed E-state index contributed by atoms with van der Waals surface area (Å²) in [5.74, 6) is 1.87. The standard InChI is InChI=1S/C25H39N9O/c1-17-20-16-33(25-24-23(27-19(3)28-25)18(2)29-32(24)6)15-10-21(20)34(30-17)13-9-7-8-12-26-22(35)11-14-31(4)5/h7-16H2,1-6H3,(H,26,35). The number of amides is 1. The van der Waals surface area contributed by atoms with Crippen LogP contribution in [0.2, 0.25) is 0 Å². The molecule has 1 aliphatic rings. The third-order valence-electron chi connectivity index (χ3n) is 6.73. The smallest absolute Gasteiger partial charge is 0.221 e. The second kappa shape index (κ2) is 10.7. The van der Waals surface area contributed by atoms with Gasteiger partial charge < -0.3 is 15.1 Å². The quantitative estimate of drug-likeness (QED) is 0.444. The van der Waals surface area contributed by atoms with Gasteiger partial charge in [0, 0.05) is 63.9 Å². The van der Waals surface area contributed by atoms with Crippen LogP contribution in [0.25, 0.3) is 11.0 Å². The molecular weight excluding hydrogens is 442 g/mol. The van der Waals surface area contributed by atoms with Crippen LogP contribution in [-0.2, 0) is 31.4 Å². The Morgan fingerprint density at radius 1 is 1.06 bits per heavy atom. The van der Waals surface area contributed by atoms with Crippen LogP contribution in [0.4, 0.5) is 5.82 Å². The molecule has 0 unspecified atom stereocenters. The fraction of sp³-hybridized carbons (Fsp3) is 0.640. The van der Waals surface area contributed by atoms with Gasteiger partial charge in [0.25, 0.3) is 0 Å². The molecule has 0 aliphatic carbocycles. The maximum absolute atomic E-state index is 11.8. The maximum Gasteiger partial charge on any atom is 0.221 e. The van der Waals surface area contributed by atoms with E-state index in [0.29, 0.717) is 6.42 Å². The molecule has 0 radical (unpaired) electrons. The summed E-state index contributed by atoms with van der Waals surface area (Å²) in [5.41, 5.74) is 6.62. The van der Waals surface area contributed by atoms with E-state index in [1.807, 2.05) is 44.6 Å². The normalized spacial score (nSPS) is 13.6. The van der Waals surface area contributed by atoms with Gasteiger partial charge in [0.15, 0.2) is 5.82 Å². The summed E-state index contributed by atoms with van der Waals surface area (Å²) in [6, 6.07) is 0. The molecule has 1 aliphatic heterocycles. The number of anilines is 1. The number of fused-ring (bicyclic) bond motifs is 2. The predicted octanol–water partition coefficient (Wildman–Crippen LogP) is 2.29. The summed E-state index contributed by atoms with van der Waals surface area (Å²) in [4.78, 5) is 25.7. The van der Waals surface area contributed by atoms with Crippen LogP contribution in [0.3, 0.4) is 0 Å². The number of hydrogen-bond acceptors (Lipinski definition) is 7. The number of nitrogens with zero attached hydrogens (tertiary/aromatic N) is 8. The first kappa shape index (κ1) is 25.1. The molecule has 0 saturated heterocycles. The van der Waals surface area contributed by atoms with Gasteiger partial charge in [-0.1, -0.05) is 0 Å². The van der Waals surface area contributed by atoms with Crippen molar-refractivity contribution in [2.75, 3.05) is 38.6 Å². The fourth-order valence-corrected chi connectivity index (χ4v) is 4.88. The van der Waals surface area contributed by atoms with Crippen LogP contribution in [0, 0.1) is 20.8 Å². The number of carbonyl (C=O) groups excluding carboxylic acids is 1. The lowest BCUT2D eigenvalue weighted by molar-refractivity contribution is -0.121. The first-order chi connectivity index (χ1) is 16.7. The van der Waals surface area contributed by atoms with Crippen molar-refractivity contribution in [3.8, 4) is 0 Å². The number of rotatable bonds is 10. The summed E-state index contributed by atoms with van der Waals surface area (Å²) in [6.45, 7) is 10.2. The molecule has 0 atom stereocenters. The molecule has 190 valence electrons. The number of aryl methyl sites for hydroxylation is 5. The molecule has 4 heterocycles. The molecule has 10 heteroatoms. The minimum atomic E-state index is 0.137. The molecule has 1 N–H and O–H groups in total. The first-order valence-electron chi connectivity index (χ1n) is 12.6. The van der Waals surface area contributed by atoms with E-state index in [9.17, 15) is 4.79 Å². The predicted molar refractivity (Wildman–Crippen MR) is 138 cm³/mol. The van der Waals surface area contributed by atoms with Gasteiger partial charge in [0.1, 0.15) is 16.9 Å². The van der Waals surface area contributed by atoms with Crippen molar-refractivity contribution in [2.45, 2.75) is 66.0 Å². The summed E-state index contributed by atoms with van der Waals surface area (Å²) in [5, 5.41) is 12.5. The molecule has 3 aromatic heterocycles. The summed E-state index contributed by atoms with van der Waals surface area (Å²) >= 11 is 0. The van der Waals surface area contributed by atoms with Crippen molar-refractivity contribution in [2.24, 2.45) is 7.05 Å². The Hall–Kier alpha value is -3.01. The highest BCUT2D eigenvalue weighted by molar-refractivity contribution is 5.88. The molecule has 3 aromatic rings. The van der Waals surface area contributed by atoms with Gasteiger partial charge in [-0.25, -0.2) is 9.97 Å². The van der Waals surface area contributed by atoms with Gasteiger partial charge in [-0.05, 0) is 54.1 Å². The third kappa shape index (κ3) is 5.63. The average molecular weight is 482 g/mol. The zero-order valence-corrected chi connectivity index (χ0v) is 22.1. The van der Waals surface area contributed by atoms with Crippen molar-refractivity contribution < 1.29 is 4.79 Å². The zero-order chi connectivity index (χ0) is 25.1. The summed E-state index contributed by atoms with van der Waals surface area (Å²) in [7, 11) is 5.93. The Labute approximate surface area is 207 Å². The minimum Gasteiger partial charge on any atom is -0.356 e. The Balaban J connectivity index is 1.34. The van der Waals surface area contributed by atoms with E-state index in [4.69, 9.17) is 10.1 Å². The second-order valence-corrected chi connectivity index (χ2v) is 9.87. The lowest BCUT2D eigenvalue weighted by atomic mass is 10.1. The number of unbranched alkanes of at least 4 members (excludes halogenated alkanes) is 2. The molecular formula is C25H39N9O. The van der Waals surface area contributed by atoms with Crippen LogP contribution in [0.5, 0.6) is 0 Å². The Kier molecular flexibility index (Phi) is 7.69. The van der Waals surface area contributed by atoms with Gasteiger partial charge in [0.2, 0.25) is 5.91 Å². The van der Waals surface area contributed by atoms with E-state index in [-0.39, 0.29) is 5.91 Å². The molecule has 0 spiro atoms. The Bertz CT molecular complexity index is 1190. The van der Waals surface area contributed by atoms with Crippen molar-refractivity contribution in [1.82, 2.24) is 39.7 Å². The van der Waals surface area contributed by atoms with Crippen molar-refractivity contribution in [3.63, 3.8) is 0 Å². The summed E-state index contributed by atoms with van der Waals surface area (Å²) < 4.78 is 4.10. The molecule has 10 nitrogen and oxygen atoms in total. The van der Waals surface area contributed by atoms with Gasteiger partial charge in [-0.2, -0.15) is 10.2 Å². The Morgan fingerprint density at radius 3 is 2.63 bits per heavy atom. The van der Waals surface area contributed by atoms with Crippen LogP contribution >= 0.6 is 0 Å². The van der Waals surface area contributed by atoms with Gasteiger partial charge in [0.05, 0.1) is 11.4 Å². The molecule has 1 amide bonds. The van der Waals surface area contributed by atoms with Gasteiger partial charge >= 0.3 is 0 Å². The van der Waals surface area contributed by atoms with E-state index in [1.54, 1.807) is 0 Å². The zero-order valence-electron chi connectivity index (χ0n) is 22.1. The molecule has 35 heavy (non-hydrogen) atoms. The highest BCUT2D eigenvalue weighted by Crippen LogP contribution is 2.31. The molecule has 0 saturated carbocycles. The van der Waals surface area contributed by atoms with Crippen molar-refractivity contribution in [3.05, 3.63) is 28.5 Å². The van der Waals surface area contributed by atoms with E-state index >= 15 is 0 Å². The second-order valence-electron chi connectivity index (χ2n) is 9.87. The van der Waals surface area contributed by atoms with Crippen molar-refractivity contribution in [1.29, 1.82) is 0 Å². The topological polar surface area (TPSA) is 97.0 Å². The Morgan fingerprint density at radius 2 is 1.86 bits per heavy atom. The minimum absolute atomic E-state index is 0.137. The van der Waals surface area contributed by atoms with Crippen LogP contribution < -0.4 is 10.2 Å². The fourth-order valence-electron chi connectivity index (χ4n) is 4.88. The van der Waals surface area contributed by atoms with Crippen LogP contribution in [0.1, 0.15) is 54.2 Å². The van der Waals surface area contributed by atoms with E-state index in [2.05, 4.69) is 31.9 Å². The van der Waals surface area contributed by atoms with E-state index in [0.717, 1.165) is 92.5 Å². The van der Waals surface area contributed by atoms with Crippen LogP contribution in [-0.4, -0.2) is 74.1 Å². The monoisotopic (exact) mass is 481 g/mol. The molecule has 0 aromatic carbocycles. The third-order valence-corrected chi connectivity index (χ3v) is 6.73. The maximum atomic E-state index is 11.8. The molecule has 0 bridgehead atoms. The van der Waals surface area contributed by atoms with E-state index in [1.165, 1.54) is 11.3 Å². The number of nitrogens with one attached hydrogen (secondary N) is 1. The van der Waals surface area contributed by atoms with Gasteiger partial charge in [-0.15, -0.1) is 0 Å². The van der Waals surface area contributed by atoms with E-state index < -0.39 is 0 Å². The number of hydrogen-bond donors (Lipinski definition) is 1. The highest BCUT2D eigenvalue weighted by Gasteiger charge is 2.27.